The van der Waals surface area contributed by atoms with Gasteiger partial charge in [-0.1, -0.05) is 0 Å². The molecule has 88 valence electrons. The van der Waals surface area contributed by atoms with Crippen LogP contribution in [0.5, 0.6) is 0 Å². The van der Waals surface area contributed by atoms with E-state index in [0.29, 0.717) is 0 Å². The summed E-state index contributed by atoms with van der Waals surface area (Å²) in [4.78, 5) is 0. The number of rotatable bonds is 9. The van der Waals surface area contributed by atoms with E-state index in [-0.39, 0.29) is 0 Å². The van der Waals surface area contributed by atoms with Gasteiger partial charge in [-0.05, 0) is 83.0 Å². The lowest BCUT2D eigenvalue weighted by atomic mass is 9.98. The van der Waals surface area contributed by atoms with Gasteiger partial charge in [-0.25, -0.2) is 0 Å². The van der Waals surface area contributed by atoms with E-state index >= 15 is 0 Å². The molecule has 0 atom stereocenters. The molecule has 2 aliphatic carbocycles. The molecule has 2 N–H and O–H groups in total. The van der Waals surface area contributed by atoms with Gasteiger partial charge < -0.3 is 10.6 Å². The Morgan fingerprint density at radius 1 is 1.00 bits per heavy atom. The fourth-order valence-electron chi connectivity index (χ4n) is 2.59. The minimum absolute atomic E-state index is 1.04. The number of hydrogen-bond donors (Lipinski definition) is 2. The van der Waals surface area contributed by atoms with Crippen LogP contribution in [0, 0.1) is 17.8 Å². The van der Waals surface area contributed by atoms with Crippen LogP contribution in [0.25, 0.3) is 0 Å². The lowest BCUT2D eigenvalue weighted by Gasteiger charge is -2.16. The Bertz CT molecular complexity index is 161. The van der Waals surface area contributed by atoms with Gasteiger partial charge >= 0.3 is 0 Å². The minimum Gasteiger partial charge on any atom is -0.320 e. The lowest BCUT2D eigenvalue weighted by Crippen LogP contribution is -2.26. The minimum atomic E-state index is 1.04. The van der Waals surface area contributed by atoms with E-state index in [0.717, 1.165) is 24.3 Å². The van der Waals surface area contributed by atoms with Crippen molar-refractivity contribution >= 4 is 0 Å². The highest BCUT2D eigenvalue weighted by molar-refractivity contribution is 4.92. The second kappa shape index (κ2) is 5.86. The number of unbranched alkanes of at least 4 members (excludes halogenated alkanes) is 1. The zero-order valence-corrected chi connectivity index (χ0v) is 10.1. The summed E-state index contributed by atoms with van der Waals surface area (Å²) in [5, 5.41) is 6.86. The van der Waals surface area contributed by atoms with Crippen molar-refractivity contribution in [1.29, 1.82) is 0 Å². The summed E-state index contributed by atoms with van der Waals surface area (Å²) < 4.78 is 0. The summed E-state index contributed by atoms with van der Waals surface area (Å²) in [5.41, 5.74) is 0. The van der Waals surface area contributed by atoms with Crippen LogP contribution in [0.4, 0.5) is 0 Å². The molecule has 0 aliphatic heterocycles. The van der Waals surface area contributed by atoms with Crippen molar-refractivity contribution < 1.29 is 0 Å². The highest BCUT2D eigenvalue weighted by Crippen LogP contribution is 2.48. The smallest absolute Gasteiger partial charge is 0.00152 e. The Balaban J connectivity index is 1.48. The maximum atomic E-state index is 3.66. The maximum absolute atomic E-state index is 3.66. The van der Waals surface area contributed by atoms with Crippen LogP contribution >= 0.6 is 0 Å². The second-order valence-corrected chi connectivity index (χ2v) is 5.35. The van der Waals surface area contributed by atoms with Gasteiger partial charge in [-0.15, -0.1) is 0 Å². The van der Waals surface area contributed by atoms with Gasteiger partial charge in [0, 0.05) is 0 Å². The van der Waals surface area contributed by atoms with Crippen molar-refractivity contribution in [3.63, 3.8) is 0 Å². The van der Waals surface area contributed by atoms with Gasteiger partial charge in [0.05, 0.1) is 0 Å². The van der Waals surface area contributed by atoms with Crippen molar-refractivity contribution in [1.82, 2.24) is 10.6 Å². The van der Waals surface area contributed by atoms with Crippen LogP contribution < -0.4 is 10.6 Å². The largest absolute Gasteiger partial charge is 0.320 e. The zero-order valence-electron chi connectivity index (χ0n) is 10.1. The summed E-state index contributed by atoms with van der Waals surface area (Å²) in [6.45, 7) is 3.68. The molecule has 0 amide bonds. The first-order valence-corrected chi connectivity index (χ1v) is 6.77. The van der Waals surface area contributed by atoms with Crippen molar-refractivity contribution in [2.45, 2.75) is 38.5 Å². The highest BCUT2D eigenvalue weighted by atomic mass is 14.9. The standard InChI is InChI=1S/C13H26N2/c1-14-8-2-3-9-15-10-13(11-4-5-11)12-6-7-12/h11-15H,2-10H2,1H3. The molecule has 0 radical (unpaired) electrons. The predicted octanol–water partition coefficient (Wildman–Crippen LogP) is 2.01. The Hall–Kier alpha value is -0.0800. The third-order valence-corrected chi connectivity index (χ3v) is 3.87. The average molecular weight is 210 g/mol. The predicted molar refractivity (Wildman–Crippen MR) is 65.0 cm³/mol. The monoisotopic (exact) mass is 210 g/mol. The fourth-order valence-corrected chi connectivity index (χ4v) is 2.59. The van der Waals surface area contributed by atoms with Gasteiger partial charge in [0.1, 0.15) is 0 Å². The van der Waals surface area contributed by atoms with Gasteiger partial charge in [0.2, 0.25) is 0 Å². The third-order valence-electron chi connectivity index (χ3n) is 3.87. The van der Waals surface area contributed by atoms with E-state index < -0.39 is 0 Å². The first-order chi connectivity index (χ1) is 7.42. The van der Waals surface area contributed by atoms with Crippen molar-refractivity contribution in [3.8, 4) is 0 Å². The molecule has 0 unspecified atom stereocenters. The first kappa shape index (κ1) is 11.4. The average Bonchev–Trinajstić information content (AvgIpc) is 3.09. The molecule has 2 rings (SSSR count). The fraction of sp³-hybridized carbons (Fsp3) is 1.00. The van der Waals surface area contributed by atoms with Crippen LogP contribution in [0.15, 0.2) is 0 Å². The molecule has 2 nitrogen and oxygen atoms in total. The molecule has 0 aromatic carbocycles. The van der Waals surface area contributed by atoms with E-state index in [1.807, 2.05) is 7.05 Å². The van der Waals surface area contributed by atoms with Gasteiger partial charge in [-0.2, -0.15) is 0 Å². The van der Waals surface area contributed by atoms with E-state index in [1.165, 1.54) is 51.6 Å². The number of hydrogen-bond acceptors (Lipinski definition) is 2. The van der Waals surface area contributed by atoms with E-state index in [2.05, 4.69) is 10.6 Å². The summed E-state index contributed by atoms with van der Waals surface area (Å²) in [5.74, 6) is 3.24. The molecule has 2 heteroatoms. The molecule has 0 saturated heterocycles. The van der Waals surface area contributed by atoms with Crippen LogP contribution in [0.3, 0.4) is 0 Å². The molecular weight excluding hydrogens is 184 g/mol. The van der Waals surface area contributed by atoms with E-state index in [4.69, 9.17) is 0 Å². The summed E-state index contributed by atoms with van der Waals surface area (Å²) in [7, 11) is 2.03. The number of nitrogens with one attached hydrogen (secondary N) is 2. The SMILES string of the molecule is CNCCCCNCC(C1CC1)C1CC1. The molecule has 0 bridgehead atoms. The van der Waals surface area contributed by atoms with Crippen molar-refractivity contribution in [2.75, 3.05) is 26.7 Å². The van der Waals surface area contributed by atoms with Gasteiger partial charge in [0.25, 0.3) is 0 Å². The van der Waals surface area contributed by atoms with Gasteiger partial charge in [0.15, 0.2) is 0 Å². The molecule has 2 fully saturated rings. The van der Waals surface area contributed by atoms with Crippen molar-refractivity contribution in [3.05, 3.63) is 0 Å². The molecule has 2 aliphatic rings. The zero-order chi connectivity index (χ0) is 10.5. The molecule has 0 aromatic rings. The van der Waals surface area contributed by atoms with E-state index in [1.54, 1.807) is 0 Å². The van der Waals surface area contributed by atoms with Crippen molar-refractivity contribution in [2.24, 2.45) is 17.8 Å². The Morgan fingerprint density at radius 3 is 2.13 bits per heavy atom. The van der Waals surface area contributed by atoms with E-state index in [9.17, 15) is 0 Å². The second-order valence-electron chi connectivity index (χ2n) is 5.35. The van der Waals surface area contributed by atoms with Gasteiger partial charge in [-0.3, -0.25) is 0 Å². The summed E-state index contributed by atoms with van der Waals surface area (Å²) >= 11 is 0. The first-order valence-electron chi connectivity index (χ1n) is 6.77. The Kier molecular flexibility index (Phi) is 4.45. The molecule has 0 aromatic heterocycles. The Labute approximate surface area is 94.2 Å². The molecule has 0 spiro atoms. The maximum Gasteiger partial charge on any atom is -0.00152 e. The quantitative estimate of drug-likeness (QED) is 0.569. The normalized spacial score (nSPS) is 21.2. The summed E-state index contributed by atoms with van der Waals surface area (Å²) in [6.07, 6.45) is 8.69. The molecular formula is C13H26N2. The van der Waals surface area contributed by atoms with Crippen LogP contribution in [0.1, 0.15) is 38.5 Å². The highest BCUT2D eigenvalue weighted by Gasteiger charge is 2.40. The Morgan fingerprint density at radius 2 is 1.60 bits per heavy atom. The summed E-state index contributed by atoms with van der Waals surface area (Å²) in [6, 6.07) is 0. The van der Waals surface area contributed by atoms with Crippen LogP contribution in [-0.2, 0) is 0 Å². The molecule has 2 saturated carbocycles. The van der Waals surface area contributed by atoms with Crippen LogP contribution in [0.2, 0.25) is 0 Å². The third kappa shape index (κ3) is 4.12. The molecule has 0 heterocycles. The lowest BCUT2D eigenvalue weighted by molar-refractivity contribution is 0.377. The van der Waals surface area contributed by atoms with Crippen LogP contribution in [-0.4, -0.2) is 26.7 Å². The topological polar surface area (TPSA) is 24.1 Å². The molecule has 15 heavy (non-hydrogen) atoms.